The fraction of sp³-hybridized carbons (Fsp3) is 0.600. The van der Waals surface area contributed by atoms with Crippen molar-refractivity contribution in [1.29, 1.82) is 0 Å². The zero-order chi connectivity index (χ0) is 12.8. The Labute approximate surface area is 113 Å². The van der Waals surface area contributed by atoms with Gasteiger partial charge in [0.2, 0.25) is 0 Å². The average molecular weight is 263 g/mol. The van der Waals surface area contributed by atoms with E-state index in [1.807, 2.05) is 14.1 Å². The number of hydrogen-bond acceptors (Lipinski definition) is 3. The monoisotopic (exact) mass is 263 g/mol. The van der Waals surface area contributed by atoms with Crippen molar-refractivity contribution >= 4 is 17.4 Å². The smallest absolute Gasteiger partial charge is 0.0918 e. The van der Waals surface area contributed by atoms with E-state index >= 15 is 0 Å². The van der Waals surface area contributed by atoms with Crippen molar-refractivity contribution in [3.63, 3.8) is 0 Å². The molecule has 0 aliphatic carbocycles. The third-order valence-corrected chi connectivity index (χ3v) is 5.80. The Morgan fingerprint density at radius 1 is 1.22 bits per heavy atom. The number of rotatable bonds is 2. The van der Waals surface area contributed by atoms with Crippen LogP contribution in [0.5, 0.6) is 0 Å². The van der Waals surface area contributed by atoms with E-state index in [1.165, 1.54) is 18.5 Å². The maximum Gasteiger partial charge on any atom is 0.0918 e. The zero-order valence-electron chi connectivity index (χ0n) is 11.1. The first-order valence-corrected chi connectivity index (χ1v) is 7.67. The van der Waals surface area contributed by atoms with Gasteiger partial charge < -0.3 is 10.0 Å². The zero-order valence-corrected chi connectivity index (χ0v) is 11.9. The SMILES string of the molecule is CN(C)c1cccc(C2(O)CC3CCC(C2)S3)c1. The first kappa shape index (κ1) is 12.4. The second-order valence-electron chi connectivity index (χ2n) is 5.84. The third-order valence-electron chi connectivity index (χ3n) is 4.23. The molecule has 2 fully saturated rings. The van der Waals surface area contributed by atoms with Gasteiger partial charge in [0, 0.05) is 30.3 Å². The number of aliphatic hydroxyl groups is 1. The van der Waals surface area contributed by atoms with Crippen LogP contribution >= 0.6 is 11.8 Å². The molecule has 0 radical (unpaired) electrons. The van der Waals surface area contributed by atoms with E-state index in [9.17, 15) is 5.11 Å². The number of benzene rings is 1. The lowest BCUT2D eigenvalue weighted by atomic mass is 9.85. The van der Waals surface area contributed by atoms with Crippen LogP contribution in [0.25, 0.3) is 0 Å². The summed E-state index contributed by atoms with van der Waals surface area (Å²) in [6.45, 7) is 0. The number of fused-ring (bicyclic) bond motifs is 2. The van der Waals surface area contributed by atoms with Crippen molar-refractivity contribution in [2.24, 2.45) is 0 Å². The molecule has 2 aliphatic rings. The molecule has 1 aromatic carbocycles. The molecule has 0 amide bonds. The molecule has 0 spiro atoms. The van der Waals surface area contributed by atoms with Gasteiger partial charge in [-0.05, 0) is 43.4 Å². The Morgan fingerprint density at radius 3 is 2.50 bits per heavy atom. The summed E-state index contributed by atoms with van der Waals surface area (Å²) in [5.41, 5.74) is 1.68. The lowest BCUT2D eigenvalue weighted by Crippen LogP contribution is -2.34. The standard InChI is InChI=1S/C15H21NOS/c1-16(2)12-5-3-4-11(8-12)15(17)9-13-6-7-14(10-15)18-13/h3-5,8,13-14,17H,6-7,9-10H2,1-2H3. The number of thioether (sulfide) groups is 1. The molecule has 2 bridgehead atoms. The Kier molecular flexibility index (Phi) is 3.07. The summed E-state index contributed by atoms with van der Waals surface area (Å²) in [6.07, 6.45) is 4.41. The van der Waals surface area contributed by atoms with Crippen LogP contribution in [0.4, 0.5) is 5.69 Å². The van der Waals surface area contributed by atoms with Crippen LogP contribution in [0.1, 0.15) is 31.2 Å². The molecular weight excluding hydrogens is 242 g/mol. The van der Waals surface area contributed by atoms with E-state index in [0.29, 0.717) is 10.5 Å². The highest BCUT2D eigenvalue weighted by molar-refractivity contribution is 8.00. The van der Waals surface area contributed by atoms with Crippen molar-refractivity contribution in [1.82, 2.24) is 0 Å². The van der Waals surface area contributed by atoms with Gasteiger partial charge in [0.15, 0.2) is 0 Å². The molecule has 0 aromatic heterocycles. The largest absolute Gasteiger partial charge is 0.385 e. The predicted octanol–water partition coefficient (Wildman–Crippen LogP) is 3.00. The third kappa shape index (κ3) is 2.14. The van der Waals surface area contributed by atoms with Gasteiger partial charge in [-0.25, -0.2) is 0 Å². The number of nitrogens with zero attached hydrogens (tertiary/aromatic N) is 1. The molecular formula is C15H21NOS. The molecule has 2 heterocycles. The van der Waals surface area contributed by atoms with Crippen molar-refractivity contribution in [2.75, 3.05) is 19.0 Å². The molecule has 2 unspecified atom stereocenters. The summed E-state index contributed by atoms with van der Waals surface area (Å²) >= 11 is 2.09. The Balaban J connectivity index is 1.91. The molecule has 0 saturated carbocycles. The van der Waals surface area contributed by atoms with Crippen molar-refractivity contribution in [2.45, 2.75) is 41.8 Å². The second kappa shape index (κ2) is 4.46. The topological polar surface area (TPSA) is 23.5 Å². The molecule has 98 valence electrons. The molecule has 2 saturated heterocycles. The van der Waals surface area contributed by atoms with Crippen molar-refractivity contribution < 1.29 is 5.11 Å². The minimum atomic E-state index is -0.594. The highest BCUT2D eigenvalue weighted by Crippen LogP contribution is 2.51. The van der Waals surface area contributed by atoms with Gasteiger partial charge in [-0.1, -0.05) is 12.1 Å². The molecule has 2 aliphatic heterocycles. The van der Waals surface area contributed by atoms with Gasteiger partial charge in [-0.3, -0.25) is 0 Å². The molecule has 2 nitrogen and oxygen atoms in total. The number of hydrogen-bond donors (Lipinski definition) is 1. The van der Waals surface area contributed by atoms with Crippen LogP contribution in [0.15, 0.2) is 24.3 Å². The van der Waals surface area contributed by atoms with E-state index in [0.717, 1.165) is 18.4 Å². The van der Waals surface area contributed by atoms with E-state index in [2.05, 4.69) is 40.9 Å². The van der Waals surface area contributed by atoms with Crippen molar-refractivity contribution in [3.05, 3.63) is 29.8 Å². The first-order valence-electron chi connectivity index (χ1n) is 6.72. The summed E-state index contributed by atoms with van der Waals surface area (Å²) in [5.74, 6) is 0. The molecule has 1 aromatic rings. The summed E-state index contributed by atoms with van der Waals surface area (Å²) in [5, 5.41) is 12.3. The van der Waals surface area contributed by atoms with Gasteiger partial charge in [0.05, 0.1) is 5.60 Å². The fourth-order valence-electron chi connectivity index (χ4n) is 3.23. The molecule has 3 heteroatoms. The van der Waals surface area contributed by atoms with E-state index in [1.54, 1.807) is 0 Å². The average Bonchev–Trinajstić information content (AvgIpc) is 2.69. The second-order valence-corrected chi connectivity index (χ2v) is 7.45. The summed E-state index contributed by atoms with van der Waals surface area (Å²) in [7, 11) is 4.09. The van der Waals surface area contributed by atoms with E-state index < -0.39 is 5.60 Å². The van der Waals surface area contributed by atoms with Crippen LogP contribution in [-0.2, 0) is 5.60 Å². The van der Waals surface area contributed by atoms with Crippen LogP contribution in [0.2, 0.25) is 0 Å². The van der Waals surface area contributed by atoms with Crippen molar-refractivity contribution in [3.8, 4) is 0 Å². The summed E-state index contributed by atoms with van der Waals surface area (Å²) in [4.78, 5) is 2.10. The molecule has 2 atom stereocenters. The predicted molar refractivity (Wildman–Crippen MR) is 78.3 cm³/mol. The Morgan fingerprint density at radius 2 is 1.89 bits per heavy atom. The highest BCUT2D eigenvalue weighted by Gasteiger charge is 2.44. The van der Waals surface area contributed by atoms with Crippen LogP contribution in [-0.4, -0.2) is 29.7 Å². The van der Waals surface area contributed by atoms with Crippen LogP contribution in [0.3, 0.4) is 0 Å². The van der Waals surface area contributed by atoms with Gasteiger partial charge in [-0.2, -0.15) is 11.8 Å². The lowest BCUT2D eigenvalue weighted by molar-refractivity contribution is 0.0197. The van der Waals surface area contributed by atoms with E-state index in [4.69, 9.17) is 0 Å². The maximum absolute atomic E-state index is 11.0. The minimum absolute atomic E-state index is 0.594. The highest BCUT2D eigenvalue weighted by atomic mass is 32.2. The summed E-state index contributed by atoms with van der Waals surface area (Å²) < 4.78 is 0. The normalized spacial score (nSPS) is 34.6. The molecule has 3 rings (SSSR count). The summed E-state index contributed by atoms with van der Waals surface area (Å²) in [6, 6.07) is 8.39. The van der Waals surface area contributed by atoms with Crippen LogP contribution in [0, 0.1) is 0 Å². The molecule has 18 heavy (non-hydrogen) atoms. The van der Waals surface area contributed by atoms with Gasteiger partial charge in [-0.15, -0.1) is 0 Å². The van der Waals surface area contributed by atoms with Gasteiger partial charge >= 0.3 is 0 Å². The maximum atomic E-state index is 11.0. The fourth-order valence-corrected chi connectivity index (χ4v) is 5.06. The van der Waals surface area contributed by atoms with Gasteiger partial charge in [0.25, 0.3) is 0 Å². The first-order chi connectivity index (χ1) is 8.57. The molecule has 1 N–H and O–H groups in total. The van der Waals surface area contributed by atoms with Crippen LogP contribution < -0.4 is 4.90 Å². The van der Waals surface area contributed by atoms with Gasteiger partial charge in [0.1, 0.15) is 0 Å². The number of anilines is 1. The Hall–Kier alpha value is -0.670. The Bertz CT molecular complexity index is 434. The minimum Gasteiger partial charge on any atom is -0.385 e. The van der Waals surface area contributed by atoms with E-state index in [-0.39, 0.29) is 0 Å². The quantitative estimate of drug-likeness (QED) is 0.887. The lowest BCUT2D eigenvalue weighted by Gasteiger charge is -2.36.